The summed E-state index contributed by atoms with van der Waals surface area (Å²) in [6, 6.07) is 3.56. The van der Waals surface area contributed by atoms with Gasteiger partial charge in [0.2, 0.25) is 0 Å². The number of pyridine rings is 2. The number of aryl methyl sites for hydroxylation is 1. The molecule has 1 N–H and O–H groups in total. The second-order valence-corrected chi connectivity index (χ2v) is 3.94. The van der Waals surface area contributed by atoms with Gasteiger partial charge < -0.3 is 5.11 Å². The normalized spacial score (nSPS) is 12.4. The van der Waals surface area contributed by atoms with Gasteiger partial charge in [-0.15, -0.1) is 0 Å². The van der Waals surface area contributed by atoms with Crippen LogP contribution in [-0.2, 0) is 0 Å². The molecule has 2 aromatic heterocycles. The van der Waals surface area contributed by atoms with Crippen molar-refractivity contribution in [2.75, 3.05) is 0 Å². The maximum atomic E-state index is 10.2. The number of aromatic nitrogens is 2. The summed E-state index contributed by atoms with van der Waals surface area (Å²) >= 11 is 5.98. The van der Waals surface area contributed by atoms with E-state index >= 15 is 0 Å². The predicted molar refractivity (Wildman–Crippen MR) is 62.3 cm³/mol. The molecule has 0 saturated heterocycles. The number of hydrogen-bond acceptors (Lipinski definition) is 3. The van der Waals surface area contributed by atoms with Crippen LogP contribution in [0.1, 0.15) is 22.8 Å². The van der Waals surface area contributed by atoms with Crippen LogP contribution in [0, 0.1) is 6.92 Å². The van der Waals surface area contributed by atoms with Gasteiger partial charge in [-0.05, 0) is 24.6 Å². The van der Waals surface area contributed by atoms with Crippen LogP contribution in [-0.4, -0.2) is 15.1 Å². The van der Waals surface area contributed by atoms with E-state index < -0.39 is 6.10 Å². The first-order valence-electron chi connectivity index (χ1n) is 4.88. The van der Waals surface area contributed by atoms with E-state index in [-0.39, 0.29) is 0 Å². The summed E-state index contributed by atoms with van der Waals surface area (Å²) in [7, 11) is 0. The van der Waals surface area contributed by atoms with Crippen LogP contribution in [0.25, 0.3) is 0 Å². The van der Waals surface area contributed by atoms with E-state index in [0.29, 0.717) is 10.6 Å². The Kier molecular flexibility index (Phi) is 3.17. The minimum Gasteiger partial charge on any atom is -0.384 e. The van der Waals surface area contributed by atoms with Crippen LogP contribution >= 0.6 is 11.6 Å². The van der Waals surface area contributed by atoms with Gasteiger partial charge in [-0.3, -0.25) is 9.97 Å². The monoisotopic (exact) mass is 234 g/mol. The molecule has 0 aliphatic carbocycles. The second-order valence-electron chi connectivity index (χ2n) is 3.53. The molecular formula is C12H11ClN2O. The number of halogens is 1. The summed E-state index contributed by atoms with van der Waals surface area (Å²) in [4.78, 5) is 7.89. The first-order chi connectivity index (χ1) is 7.70. The van der Waals surface area contributed by atoms with Gasteiger partial charge in [0, 0.05) is 35.9 Å². The van der Waals surface area contributed by atoms with Crippen molar-refractivity contribution in [1.29, 1.82) is 0 Å². The Morgan fingerprint density at radius 3 is 2.50 bits per heavy atom. The molecule has 0 amide bonds. The van der Waals surface area contributed by atoms with Gasteiger partial charge in [0.1, 0.15) is 6.10 Å². The lowest BCUT2D eigenvalue weighted by Crippen LogP contribution is -2.03. The van der Waals surface area contributed by atoms with E-state index in [1.807, 2.05) is 13.0 Å². The number of rotatable bonds is 2. The van der Waals surface area contributed by atoms with Crippen molar-refractivity contribution in [2.24, 2.45) is 0 Å². The van der Waals surface area contributed by atoms with E-state index in [1.165, 1.54) is 6.20 Å². The van der Waals surface area contributed by atoms with Gasteiger partial charge in [0.15, 0.2) is 0 Å². The van der Waals surface area contributed by atoms with Gasteiger partial charge in [0.05, 0.1) is 5.02 Å². The highest BCUT2D eigenvalue weighted by molar-refractivity contribution is 6.31. The molecule has 3 nitrogen and oxygen atoms in total. The highest BCUT2D eigenvalue weighted by atomic mass is 35.5. The summed E-state index contributed by atoms with van der Waals surface area (Å²) in [6.45, 7) is 1.93. The van der Waals surface area contributed by atoms with E-state index in [4.69, 9.17) is 11.6 Å². The fourth-order valence-corrected chi connectivity index (χ4v) is 1.76. The van der Waals surface area contributed by atoms with Crippen LogP contribution in [0.2, 0.25) is 5.02 Å². The maximum Gasteiger partial charge on any atom is 0.107 e. The van der Waals surface area contributed by atoms with Crippen LogP contribution in [0.15, 0.2) is 36.9 Å². The number of nitrogens with zero attached hydrogens (tertiary/aromatic N) is 2. The first kappa shape index (κ1) is 11.0. The first-order valence-corrected chi connectivity index (χ1v) is 5.26. The number of aliphatic hydroxyl groups is 1. The lowest BCUT2D eigenvalue weighted by Gasteiger charge is -2.14. The Hall–Kier alpha value is -1.45. The molecule has 0 saturated carbocycles. The van der Waals surface area contributed by atoms with Crippen molar-refractivity contribution in [1.82, 2.24) is 9.97 Å². The molecule has 0 fully saturated rings. The van der Waals surface area contributed by atoms with Crippen molar-refractivity contribution in [3.05, 3.63) is 58.6 Å². The van der Waals surface area contributed by atoms with E-state index in [2.05, 4.69) is 9.97 Å². The molecule has 2 heterocycles. The smallest absolute Gasteiger partial charge is 0.107 e. The molecule has 2 aromatic rings. The fraction of sp³-hybridized carbons (Fsp3) is 0.167. The lowest BCUT2D eigenvalue weighted by atomic mass is 10.0. The summed E-state index contributed by atoms with van der Waals surface area (Å²) in [6.07, 6.45) is 5.71. The second kappa shape index (κ2) is 4.60. The summed E-state index contributed by atoms with van der Waals surface area (Å²) in [5.41, 5.74) is 2.39. The summed E-state index contributed by atoms with van der Waals surface area (Å²) in [5.74, 6) is 0. The minimum absolute atomic E-state index is 0.457. The molecule has 16 heavy (non-hydrogen) atoms. The molecule has 0 aliphatic rings. The average molecular weight is 235 g/mol. The summed E-state index contributed by atoms with van der Waals surface area (Å²) in [5, 5.41) is 10.7. The Morgan fingerprint density at radius 1 is 1.12 bits per heavy atom. The Bertz CT molecular complexity index is 456. The molecule has 1 atom stereocenters. The molecule has 2 rings (SSSR count). The van der Waals surface area contributed by atoms with E-state index in [0.717, 1.165) is 11.1 Å². The number of aliphatic hydroxyl groups excluding tert-OH is 1. The zero-order valence-electron chi connectivity index (χ0n) is 8.76. The SMILES string of the molecule is Cc1ccncc1C(O)c1ccncc1Cl. The van der Waals surface area contributed by atoms with Crippen molar-refractivity contribution in [3.63, 3.8) is 0 Å². The highest BCUT2D eigenvalue weighted by Crippen LogP contribution is 2.28. The van der Waals surface area contributed by atoms with Crippen molar-refractivity contribution in [2.45, 2.75) is 13.0 Å². The lowest BCUT2D eigenvalue weighted by molar-refractivity contribution is 0.219. The van der Waals surface area contributed by atoms with Crippen LogP contribution in [0.4, 0.5) is 0 Å². The fourth-order valence-electron chi connectivity index (χ4n) is 1.54. The zero-order valence-corrected chi connectivity index (χ0v) is 9.52. The average Bonchev–Trinajstić information content (AvgIpc) is 2.29. The standard InChI is InChI=1S/C12H11ClN2O/c1-8-2-4-14-6-10(8)12(16)9-3-5-15-7-11(9)13/h2-7,12,16H,1H3. The molecular weight excluding hydrogens is 224 g/mol. The quantitative estimate of drug-likeness (QED) is 0.869. The minimum atomic E-state index is -0.760. The molecule has 0 aromatic carbocycles. The largest absolute Gasteiger partial charge is 0.384 e. The molecule has 0 radical (unpaired) electrons. The van der Waals surface area contributed by atoms with Gasteiger partial charge in [-0.1, -0.05) is 11.6 Å². The third-order valence-corrected chi connectivity index (χ3v) is 2.79. The van der Waals surface area contributed by atoms with Crippen LogP contribution in [0.3, 0.4) is 0 Å². The predicted octanol–water partition coefficient (Wildman–Crippen LogP) is 2.52. The van der Waals surface area contributed by atoms with Crippen LogP contribution < -0.4 is 0 Å². The molecule has 0 bridgehead atoms. The van der Waals surface area contributed by atoms with E-state index in [1.54, 1.807) is 24.7 Å². The molecule has 4 heteroatoms. The van der Waals surface area contributed by atoms with Gasteiger partial charge in [-0.25, -0.2) is 0 Å². The molecule has 1 unspecified atom stereocenters. The number of hydrogen-bond donors (Lipinski definition) is 1. The zero-order chi connectivity index (χ0) is 11.5. The van der Waals surface area contributed by atoms with Gasteiger partial charge in [-0.2, -0.15) is 0 Å². The Labute approximate surface area is 98.8 Å². The Balaban J connectivity index is 2.44. The topological polar surface area (TPSA) is 46.0 Å². The van der Waals surface area contributed by atoms with Crippen molar-refractivity contribution in [3.8, 4) is 0 Å². The van der Waals surface area contributed by atoms with E-state index in [9.17, 15) is 5.11 Å². The molecule has 0 spiro atoms. The third kappa shape index (κ3) is 2.05. The maximum absolute atomic E-state index is 10.2. The van der Waals surface area contributed by atoms with Crippen molar-refractivity contribution < 1.29 is 5.11 Å². The van der Waals surface area contributed by atoms with Gasteiger partial charge in [0.25, 0.3) is 0 Å². The summed E-state index contributed by atoms with van der Waals surface area (Å²) < 4.78 is 0. The van der Waals surface area contributed by atoms with Crippen LogP contribution in [0.5, 0.6) is 0 Å². The third-order valence-electron chi connectivity index (χ3n) is 2.47. The van der Waals surface area contributed by atoms with Gasteiger partial charge >= 0.3 is 0 Å². The molecule has 82 valence electrons. The van der Waals surface area contributed by atoms with Crippen molar-refractivity contribution >= 4 is 11.6 Å². The Morgan fingerprint density at radius 2 is 1.81 bits per heavy atom. The molecule has 0 aliphatic heterocycles. The highest BCUT2D eigenvalue weighted by Gasteiger charge is 2.15.